The van der Waals surface area contributed by atoms with Crippen molar-refractivity contribution in [3.8, 4) is 28.5 Å². The molecule has 3 aliphatic rings. The number of fused-ring (bicyclic) bond motifs is 7. The number of hydrogen-bond donors (Lipinski definition) is 0. The summed E-state index contributed by atoms with van der Waals surface area (Å²) in [5.74, 6) is 3.46. The molecule has 1 atom stereocenters. The van der Waals surface area contributed by atoms with Gasteiger partial charge in [-0.2, -0.15) is 0 Å². The number of hydrogen-bond acceptors (Lipinski definition) is 4. The van der Waals surface area contributed by atoms with Crippen LogP contribution in [-0.4, -0.2) is 19.5 Å². The Balaban J connectivity index is 1.01. The molecule has 1 unspecified atom stereocenters. The number of rotatable bonds is 7. The van der Waals surface area contributed by atoms with Crippen LogP contribution in [0.3, 0.4) is 0 Å². The molecule has 298 valence electrons. The van der Waals surface area contributed by atoms with Gasteiger partial charge in [0.15, 0.2) is 17.5 Å². The van der Waals surface area contributed by atoms with Crippen LogP contribution in [0.4, 0.5) is 0 Å². The molecule has 0 N–H and O–H groups in total. The van der Waals surface area contributed by atoms with E-state index in [1.807, 2.05) is 6.07 Å². The highest BCUT2D eigenvalue weighted by atomic mass is 16.3. The van der Waals surface area contributed by atoms with E-state index in [2.05, 4.69) is 174 Å². The van der Waals surface area contributed by atoms with Gasteiger partial charge in [-0.1, -0.05) is 140 Å². The van der Waals surface area contributed by atoms with E-state index in [-0.39, 0.29) is 5.92 Å². The Hall–Kier alpha value is -7.37. The van der Waals surface area contributed by atoms with Crippen molar-refractivity contribution in [2.24, 2.45) is 0 Å². The Bertz CT molecular complexity index is 3310. The number of aryl methyl sites for hydroxylation is 1. The Morgan fingerprint density at radius 2 is 1.32 bits per heavy atom. The third kappa shape index (κ3) is 6.35. The average Bonchev–Trinajstić information content (AvgIpc) is 3.90. The van der Waals surface area contributed by atoms with E-state index < -0.39 is 0 Å². The van der Waals surface area contributed by atoms with Crippen molar-refractivity contribution in [3.63, 3.8) is 0 Å². The molecule has 12 rings (SSSR count). The first-order valence-electron chi connectivity index (χ1n) is 22.0. The molecular formula is C57H44N4O. The van der Waals surface area contributed by atoms with Crippen LogP contribution in [0.2, 0.25) is 0 Å². The molecule has 6 aromatic carbocycles. The van der Waals surface area contributed by atoms with Crippen LogP contribution < -0.4 is 0 Å². The van der Waals surface area contributed by atoms with E-state index in [0.29, 0.717) is 5.82 Å². The maximum absolute atomic E-state index is 6.93. The Labute approximate surface area is 361 Å². The number of aromatic nitrogens is 4. The lowest BCUT2D eigenvalue weighted by atomic mass is 9.79. The summed E-state index contributed by atoms with van der Waals surface area (Å²) < 4.78 is 9.32. The molecule has 0 aliphatic heterocycles. The molecule has 3 heterocycles. The maximum atomic E-state index is 6.93. The number of allylic oxidation sites excluding steroid dienone is 8. The molecule has 5 nitrogen and oxygen atoms in total. The topological polar surface area (TPSA) is 56.7 Å². The van der Waals surface area contributed by atoms with Gasteiger partial charge in [-0.05, 0) is 114 Å². The largest absolute Gasteiger partial charge is 0.461 e. The molecule has 0 saturated carbocycles. The van der Waals surface area contributed by atoms with Crippen molar-refractivity contribution in [3.05, 3.63) is 210 Å². The van der Waals surface area contributed by atoms with Crippen LogP contribution >= 0.6 is 0 Å². The number of benzene rings is 6. The third-order valence-electron chi connectivity index (χ3n) is 13.1. The van der Waals surface area contributed by atoms with E-state index in [9.17, 15) is 0 Å². The van der Waals surface area contributed by atoms with Crippen molar-refractivity contribution in [1.82, 2.24) is 19.5 Å². The zero-order valence-electron chi connectivity index (χ0n) is 34.5. The standard InChI is InChI=1S/C57H44N4O/c1-5-16-37(17-6-1)40-22-15-23-41(34-40)42-28-30-45(48(35-42)57-59-55(38-18-7-2-8-19-38)58-56(60-57)39-20-9-3-10-21-39)43-29-31-47-52(36-43)62-51-33-32-50-53(54(47)51)46-26-13-14-27-49(46)61(50)44-24-11-4-12-25-44/h1-9,11-14,16-20,23-28,30,32-35,43H,10,15,21-22,29,31,36H2. The van der Waals surface area contributed by atoms with Crippen molar-refractivity contribution in [2.45, 2.75) is 50.9 Å². The van der Waals surface area contributed by atoms with Gasteiger partial charge in [-0.25, -0.2) is 15.0 Å². The monoisotopic (exact) mass is 800 g/mol. The summed E-state index contributed by atoms with van der Waals surface area (Å²) in [6.07, 6.45) is 17.9. The molecule has 5 heteroatoms. The highest BCUT2D eigenvalue weighted by molar-refractivity contribution is 6.21. The third-order valence-corrected chi connectivity index (χ3v) is 13.1. The predicted octanol–water partition coefficient (Wildman–Crippen LogP) is 14.3. The molecule has 0 fully saturated rings. The van der Waals surface area contributed by atoms with E-state index in [1.54, 1.807) is 0 Å². The van der Waals surface area contributed by atoms with Crippen molar-refractivity contribution < 1.29 is 4.42 Å². The van der Waals surface area contributed by atoms with Gasteiger partial charge in [0.1, 0.15) is 11.3 Å². The number of para-hydroxylation sites is 2. The quantitative estimate of drug-likeness (QED) is 0.161. The van der Waals surface area contributed by atoms with Crippen molar-refractivity contribution in [2.75, 3.05) is 0 Å². The van der Waals surface area contributed by atoms with E-state index >= 15 is 0 Å². The van der Waals surface area contributed by atoms with Crippen LogP contribution in [0.15, 0.2) is 180 Å². The lowest BCUT2D eigenvalue weighted by Gasteiger charge is -2.25. The van der Waals surface area contributed by atoms with Crippen molar-refractivity contribution in [1.29, 1.82) is 0 Å². The first-order valence-corrected chi connectivity index (χ1v) is 22.0. The average molecular weight is 801 g/mol. The summed E-state index contributed by atoms with van der Waals surface area (Å²) in [5.41, 5.74) is 15.4. The van der Waals surface area contributed by atoms with Crippen molar-refractivity contribution >= 4 is 49.5 Å². The van der Waals surface area contributed by atoms with Crippen LogP contribution in [-0.2, 0) is 12.8 Å². The van der Waals surface area contributed by atoms with E-state index in [1.165, 1.54) is 60.6 Å². The van der Waals surface area contributed by atoms with Crippen LogP contribution in [0.25, 0.3) is 78.0 Å². The minimum Gasteiger partial charge on any atom is -0.461 e. The minimum atomic E-state index is 0.209. The fraction of sp³-hybridized carbons (Fsp3) is 0.140. The lowest BCUT2D eigenvalue weighted by Crippen LogP contribution is -2.13. The summed E-state index contributed by atoms with van der Waals surface area (Å²) in [6.45, 7) is 0. The van der Waals surface area contributed by atoms with E-state index in [4.69, 9.17) is 19.4 Å². The molecule has 9 aromatic rings. The summed E-state index contributed by atoms with van der Waals surface area (Å²) in [4.78, 5) is 15.8. The zero-order valence-corrected chi connectivity index (χ0v) is 34.5. The molecular weight excluding hydrogens is 757 g/mol. The van der Waals surface area contributed by atoms with Crippen LogP contribution in [0.1, 0.15) is 71.9 Å². The first kappa shape index (κ1) is 36.5. The second-order valence-corrected chi connectivity index (χ2v) is 16.8. The molecule has 0 saturated heterocycles. The first-order chi connectivity index (χ1) is 30.7. The van der Waals surface area contributed by atoms with Gasteiger partial charge in [0.05, 0.1) is 11.0 Å². The molecule has 3 aliphatic carbocycles. The fourth-order valence-electron chi connectivity index (χ4n) is 10.2. The summed E-state index contributed by atoms with van der Waals surface area (Å²) in [5, 5.41) is 3.79. The van der Waals surface area contributed by atoms with Gasteiger partial charge in [0.25, 0.3) is 0 Å². The number of nitrogens with zero attached hydrogens (tertiary/aromatic N) is 4. The molecule has 0 spiro atoms. The molecule has 3 aromatic heterocycles. The Kier molecular flexibility index (Phi) is 8.98. The van der Waals surface area contributed by atoms with E-state index in [0.717, 1.165) is 90.3 Å². The van der Waals surface area contributed by atoms with Crippen LogP contribution in [0, 0.1) is 0 Å². The lowest BCUT2D eigenvalue weighted by molar-refractivity contribution is 0.471. The molecule has 0 bridgehead atoms. The number of furan rings is 1. The van der Waals surface area contributed by atoms with Gasteiger partial charge < -0.3 is 8.98 Å². The van der Waals surface area contributed by atoms with Gasteiger partial charge in [-0.3, -0.25) is 0 Å². The zero-order chi connectivity index (χ0) is 41.0. The predicted molar refractivity (Wildman–Crippen MR) is 254 cm³/mol. The highest BCUT2D eigenvalue weighted by Crippen LogP contribution is 2.46. The van der Waals surface area contributed by atoms with Gasteiger partial charge in [-0.15, -0.1) is 0 Å². The smallest absolute Gasteiger partial charge is 0.164 e. The summed E-state index contributed by atoms with van der Waals surface area (Å²) in [7, 11) is 0. The summed E-state index contributed by atoms with van der Waals surface area (Å²) >= 11 is 0. The Morgan fingerprint density at radius 3 is 2.15 bits per heavy atom. The Morgan fingerprint density at radius 1 is 0.581 bits per heavy atom. The minimum absolute atomic E-state index is 0.209. The van der Waals surface area contributed by atoms with Crippen LogP contribution in [0.5, 0.6) is 0 Å². The highest BCUT2D eigenvalue weighted by Gasteiger charge is 2.30. The van der Waals surface area contributed by atoms with Gasteiger partial charge >= 0.3 is 0 Å². The normalized spacial score (nSPS) is 16.3. The second-order valence-electron chi connectivity index (χ2n) is 16.8. The molecule has 0 amide bonds. The van der Waals surface area contributed by atoms with Gasteiger partial charge in [0.2, 0.25) is 0 Å². The van der Waals surface area contributed by atoms with Gasteiger partial charge in [0, 0.05) is 45.0 Å². The SMILES string of the molecule is C1=CCCC(c2nc(-c3ccccc3)nc(-c3cc(C4=CCCC(c5ccccc5)=C4)ccc3C3CCc4c(oc5ccc6c(c7ccccc7n6-c6ccccc6)c45)C3)n2)=C1. The maximum Gasteiger partial charge on any atom is 0.164 e. The fourth-order valence-corrected chi connectivity index (χ4v) is 10.2. The second kappa shape index (κ2) is 15.3. The molecule has 62 heavy (non-hydrogen) atoms. The molecule has 0 radical (unpaired) electrons. The summed E-state index contributed by atoms with van der Waals surface area (Å²) in [6, 6.07) is 52.1.